The van der Waals surface area contributed by atoms with Crippen molar-refractivity contribution in [2.75, 3.05) is 0 Å². The lowest BCUT2D eigenvalue weighted by Gasteiger charge is -2.12. The molecular formula is C6H9NO2. The highest BCUT2D eigenvalue weighted by atomic mass is 16.5. The predicted octanol–water partition coefficient (Wildman–Crippen LogP) is 0.740. The fraction of sp³-hybridized carbons (Fsp3) is 0.667. The molecule has 0 aromatic heterocycles. The SMILES string of the molecule is [3H]C1(C)CC(=O)OC(C)=N1. The minimum atomic E-state index is -1.01. The summed E-state index contributed by atoms with van der Waals surface area (Å²) in [6.45, 7) is 3.15. The van der Waals surface area contributed by atoms with Gasteiger partial charge in [-0.25, -0.2) is 0 Å². The van der Waals surface area contributed by atoms with Crippen molar-refractivity contribution in [3.63, 3.8) is 0 Å². The lowest BCUT2D eigenvalue weighted by Crippen LogP contribution is -2.21. The molecule has 0 spiro atoms. The second-order valence-electron chi connectivity index (χ2n) is 2.02. The largest absolute Gasteiger partial charge is 0.412 e. The van der Waals surface area contributed by atoms with Crippen LogP contribution in [0.3, 0.4) is 0 Å². The second kappa shape index (κ2) is 2.17. The lowest BCUT2D eigenvalue weighted by molar-refractivity contribution is -0.136. The fourth-order valence-corrected chi connectivity index (χ4v) is 0.741. The number of esters is 1. The number of cyclic esters (lactones) is 1. The van der Waals surface area contributed by atoms with Gasteiger partial charge in [-0.1, -0.05) is 0 Å². The molecule has 0 amide bonds. The van der Waals surface area contributed by atoms with E-state index in [0.717, 1.165) is 0 Å². The van der Waals surface area contributed by atoms with Gasteiger partial charge in [-0.15, -0.1) is 0 Å². The van der Waals surface area contributed by atoms with Gasteiger partial charge >= 0.3 is 5.97 Å². The number of ether oxygens (including phenoxy) is 1. The summed E-state index contributed by atoms with van der Waals surface area (Å²) in [6.07, 6.45) is 0.0460. The highest BCUT2D eigenvalue weighted by Crippen LogP contribution is 2.06. The van der Waals surface area contributed by atoms with E-state index in [1.165, 1.54) is 0 Å². The van der Waals surface area contributed by atoms with E-state index in [4.69, 9.17) is 1.37 Å². The Morgan fingerprint density at radius 2 is 2.67 bits per heavy atom. The van der Waals surface area contributed by atoms with Crippen molar-refractivity contribution in [1.29, 1.82) is 0 Å². The van der Waals surface area contributed by atoms with Crippen molar-refractivity contribution in [2.24, 2.45) is 4.99 Å². The Bertz CT molecular complexity index is 198. The van der Waals surface area contributed by atoms with Crippen LogP contribution in [-0.2, 0) is 9.53 Å². The van der Waals surface area contributed by atoms with Gasteiger partial charge in [0.1, 0.15) is 0 Å². The molecule has 1 unspecified atom stereocenters. The highest BCUT2D eigenvalue weighted by molar-refractivity contribution is 5.89. The van der Waals surface area contributed by atoms with Crippen molar-refractivity contribution >= 4 is 11.9 Å². The van der Waals surface area contributed by atoms with Crippen molar-refractivity contribution in [2.45, 2.75) is 26.3 Å². The minimum Gasteiger partial charge on any atom is -0.412 e. The molecule has 50 valence electrons. The minimum absolute atomic E-state index is 0.0460. The molecule has 1 rings (SSSR count). The number of rotatable bonds is 0. The van der Waals surface area contributed by atoms with Gasteiger partial charge in [-0.2, -0.15) is 0 Å². The molecule has 0 bridgehead atoms. The quantitative estimate of drug-likeness (QED) is 0.452. The summed E-state index contributed by atoms with van der Waals surface area (Å²) in [7, 11) is 0. The van der Waals surface area contributed by atoms with Gasteiger partial charge in [-0.3, -0.25) is 9.79 Å². The maximum Gasteiger partial charge on any atom is 0.314 e. The summed E-state index contributed by atoms with van der Waals surface area (Å²) in [6, 6.07) is -1.01. The molecule has 9 heavy (non-hydrogen) atoms. The van der Waals surface area contributed by atoms with E-state index in [-0.39, 0.29) is 18.3 Å². The molecule has 0 aromatic carbocycles. The molecule has 0 aromatic rings. The Morgan fingerprint density at radius 1 is 2.00 bits per heavy atom. The van der Waals surface area contributed by atoms with E-state index < -0.39 is 6.02 Å². The number of carbonyl (C=O) groups excluding carboxylic acids is 1. The third-order valence-corrected chi connectivity index (χ3v) is 1.01. The Kier molecular flexibility index (Phi) is 1.20. The van der Waals surface area contributed by atoms with Crippen molar-refractivity contribution in [1.82, 2.24) is 0 Å². The van der Waals surface area contributed by atoms with Gasteiger partial charge in [-0.05, 0) is 6.92 Å². The molecule has 1 aliphatic heterocycles. The fourth-order valence-electron chi connectivity index (χ4n) is 0.741. The van der Waals surface area contributed by atoms with Crippen LogP contribution >= 0.6 is 0 Å². The standard InChI is InChI=1S/C6H9NO2/c1-4-3-6(8)9-5(2)7-4/h4H,3H2,1-2H3/i4T. The first-order valence-electron chi connectivity index (χ1n) is 3.27. The van der Waals surface area contributed by atoms with Crippen LogP contribution in [0.5, 0.6) is 0 Å². The van der Waals surface area contributed by atoms with Crippen molar-refractivity contribution in [3.05, 3.63) is 0 Å². The summed E-state index contributed by atoms with van der Waals surface area (Å²) in [4.78, 5) is 14.5. The topological polar surface area (TPSA) is 38.7 Å². The number of hydrogen-bond acceptors (Lipinski definition) is 3. The summed E-state index contributed by atoms with van der Waals surface area (Å²) in [5.74, 6) is -0.0845. The van der Waals surface area contributed by atoms with Crippen LogP contribution < -0.4 is 0 Å². The molecule has 1 aliphatic rings. The average Bonchev–Trinajstić information content (AvgIpc) is 1.54. The molecule has 1 atom stereocenters. The van der Waals surface area contributed by atoms with Crippen molar-refractivity contribution < 1.29 is 10.9 Å². The van der Waals surface area contributed by atoms with Crippen LogP contribution in [0.4, 0.5) is 0 Å². The van der Waals surface area contributed by atoms with E-state index >= 15 is 0 Å². The smallest absolute Gasteiger partial charge is 0.314 e. The zero-order valence-corrected chi connectivity index (χ0v) is 5.47. The van der Waals surface area contributed by atoms with Gasteiger partial charge in [0.25, 0.3) is 0 Å². The average molecular weight is 129 g/mol. The number of nitrogens with zero attached hydrogens (tertiary/aromatic N) is 1. The monoisotopic (exact) mass is 129 g/mol. The van der Waals surface area contributed by atoms with Crippen LogP contribution in [-0.4, -0.2) is 17.9 Å². The third-order valence-electron chi connectivity index (χ3n) is 1.01. The summed E-state index contributed by atoms with van der Waals surface area (Å²) in [5, 5.41) is 0. The van der Waals surface area contributed by atoms with Gasteiger partial charge in [0.05, 0.1) is 13.8 Å². The van der Waals surface area contributed by atoms with Gasteiger partial charge < -0.3 is 4.74 Å². The lowest BCUT2D eigenvalue weighted by atomic mass is 10.2. The van der Waals surface area contributed by atoms with Crippen LogP contribution in [0.25, 0.3) is 0 Å². The van der Waals surface area contributed by atoms with Gasteiger partial charge in [0, 0.05) is 6.92 Å². The number of hydrogen-bond donors (Lipinski definition) is 0. The van der Waals surface area contributed by atoms with Crippen LogP contribution in [0.1, 0.15) is 21.6 Å². The Labute approximate surface area is 55.1 Å². The van der Waals surface area contributed by atoms with E-state index in [1.54, 1.807) is 13.8 Å². The van der Waals surface area contributed by atoms with Gasteiger partial charge in [0.15, 0.2) is 5.90 Å². The molecule has 0 saturated carbocycles. The maximum atomic E-state index is 10.7. The molecule has 0 saturated heterocycles. The molecule has 0 radical (unpaired) electrons. The number of aliphatic imine (C=N–C) groups is 1. The maximum absolute atomic E-state index is 10.7. The molecule has 3 nitrogen and oxygen atoms in total. The number of carbonyl (C=O) groups is 1. The Morgan fingerprint density at radius 3 is 3.11 bits per heavy atom. The highest BCUT2D eigenvalue weighted by Gasteiger charge is 2.15. The first-order valence-corrected chi connectivity index (χ1v) is 2.77. The Hall–Kier alpha value is -0.860. The Balaban J connectivity index is 2.83. The normalized spacial score (nSPS) is 36.9. The molecule has 0 N–H and O–H groups in total. The molecule has 0 aliphatic carbocycles. The van der Waals surface area contributed by atoms with E-state index in [2.05, 4.69) is 9.73 Å². The molecule has 0 fully saturated rings. The first-order chi connectivity index (χ1) is 4.49. The molecule has 1 heterocycles. The van der Waals surface area contributed by atoms with E-state index in [9.17, 15) is 4.79 Å². The zero-order chi connectivity index (χ0) is 7.78. The summed E-state index contributed by atoms with van der Waals surface area (Å²) >= 11 is 0. The van der Waals surface area contributed by atoms with Crippen LogP contribution in [0.2, 0.25) is 0 Å². The zero-order valence-electron chi connectivity index (χ0n) is 6.47. The van der Waals surface area contributed by atoms with Gasteiger partial charge in [0.2, 0.25) is 0 Å². The second-order valence-corrected chi connectivity index (χ2v) is 2.02. The molecule has 3 heteroatoms. The van der Waals surface area contributed by atoms with Crippen molar-refractivity contribution in [3.8, 4) is 0 Å². The molecular weight excluding hydrogens is 118 g/mol. The summed E-state index contributed by atoms with van der Waals surface area (Å²) in [5.41, 5.74) is 0. The van der Waals surface area contributed by atoms with E-state index in [1.807, 2.05) is 0 Å². The van der Waals surface area contributed by atoms with E-state index in [0.29, 0.717) is 0 Å². The first kappa shape index (κ1) is 4.97. The van der Waals surface area contributed by atoms with Crippen LogP contribution in [0.15, 0.2) is 4.99 Å². The van der Waals surface area contributed by atoms with Crippen LogP contribution in [0, 0.1) is 0 Å². The third kappa shape index (κ3) is 1.52. The predicted molar refractivity (Wildman–Crippen MR) is 33.3 cm³/mol. The summed E-state index contributed by atoms with van der Waals surface area (Å²) < 4.78 is 12.0.